The van der Waals surface area contributed by atoms with Crippen LogP contribution in [0.4, 0.5) is 5.82 Å². The van der Waals surface area contributed by atoms with Gasteiger partial charge in [-0.2, -0.15) is 0 Å². The second-order valence-corrected chi connectivity index (χ2v) is 6.04. The summed E-state index contributed by atoms with van der Waals surface area (Å²) in [6, 6.07) is 7.90. The van der Waals surface area contributed by atoms with Crippen LogP contribution in [-0.2, 0) is 0 Å². The highest BCUT2D eigenvalue weighted by Gasteiger charge is 2.19. The molecule has 0 aliphatic heterocycles. The third-order valence-corrected chi connectivity index (χ3v) is 4.30. The number of rotatable bonds is 4. The summed E-state index contributed by atoms with van der Waals surface area (Å²) >= 11 is 1.62. The molecule has 3 aromatic rings. The minimum Gasteiger partial charge on any atom is -0.493 e. The van der Waals surface area contributed by atoms with Crippen molar-refractivity contribution in [3.8, 4) is 17.0 Å². The third-order valence-electron chi connectivity index (χ3n) is 3.46. The number of ether oxygens (including phenoxy) is 1. The second-order valence-electron chi connectivity index (χ2n) is 5.21. The van der Waals surface area contributed by atoms with Crippen LogP contribution in [0.1, 0.15) is 32.4 Å². The number of nitrogens with zero attached hydrogens (tertiary/aromatic N) is 2. The first-order valence-electron chi connectivity index (χ1n) is 7.11. The fourth-order valence-electron chi connectivity index (χ4n) is 2.44. The number of nitrogen functional groups attached to an aromatic ring is 1. The van der Waals surface area contributed by atoms with Crippen LogP contribution in [0.2, 0.25) is 0 Å². The second kappa shape index (κ2) is 5.41. The molecule has 0 saturated heterocycles. The molecule has 0 spiro atoms. The average molecular weight is 301 g/mol. The van der Waals surface area contributed by atoms with Gasteiger partial charge < -0.3 is 10.5 Å². The summed E-state index contributed by atoms with van der Waals surface area (Å²) in [5, 5.41) is 2.13. The van der Waals surface area contributed by atoms with Crippen molar-refractivity contribution in [3.05, 3.63) is 35.3 Å². The fourth-order valence-corrected chi connectivity index (χ4v) is 3.50. The van der Waals surface area contributed by atoms with Crippen LogP contribution in [0.15, 0.2) is 29.6 Å². The predicted molar refractivity (Wildman–Crippen MR) is 88.2 cm³/mol. The Morgan fingerprint density at radius 2 is 2.10 bits per heavy atom. The first-order chi connectivity index (χ1) is 10.1. The molecule has 2 N–H and O–H groups in total. The number of nitrogens with two attached hydrogens (primary N) is 1. The first-order valence-corrected chi connectivity index (χ1v) is 7.99. The van der Waals surface area contributed by atoms with Crippen molar-refractivity contribution in [1.82, 2.24) is 9.38 Å². The van der Waals surface area contributed by atoms with Gasteiger partial charge in [0, 0.05) is 16.6 Å². The van der Waals surface area contributed by atoms with Crippen molar-refractivity contribution in [2.24, 2.45) is 0 Å². The van der Waals surface area contributed by atoms with Crippen LogP contribution < -0.4 is 10.5 Å². The number of benzene rings is 1. The van der Waals surface area contributed by atoms with Crippen LogP contribution in [0.3, 0.4) is 0 Å². The number of fused-ring (bicyclic) bond motifs is 1. The lowest BCUT2D eigenvalue weighted by molar-refractivity contribution is 0.341. The summed E-state index contributed by atoms with van der Waals surface area (Å²) in [4.78, 5) is 5.63. The molecule has 0 aliphatic rings. The summed E-state index contributed by atoms with van der Waals surface area (Å²) in [7, 11) is 0. The smallest absolute Gasteiger partial charge is 0.196 e. The van der Waals surface area contributed by atoms with Gasteiger partial charge in [-0.25, -0.2) is 4.98 Å². The lowest BCUT2D eigenvalue weighted by atomic mass is 10.1. The minimum absolute atomic E-state index is 0.408. The summed E-state index contributed by atoms with van der Waals surface area (Å²) < 4.78 is 7.74. The number of anilines is 1. The van der Waals surface area contributed by atoms with Gasteiger partial charge in [0.25, 0.3) is 0 Å². The van der Waals surface area contributed by atoms with Crippen molar-refractivity contribution in [1.29, 1.82) is 0 Å². The summed E-state index contributed by atoms with van der Waals surface area (Å²) in [6.45, 7) is 6.92. The number of aromatic nitrogens is 2. The number of para-hydroxylation sites is 1. The van der Waals surface area contributed by atoms with Crippen LogP contribution in [0.5, 0.6) is 5.75 Å². The van der Waals surface area contributed by atoms with Gasteiger partial charge in [0.05, 0.1) is 6.61 Å². The molecule has 0 radical (unpaired) electrons. The monoisotopic (exact) mass is 301 g/mol. The molecule has 1 aromatic carbocycles. The molecule has 21 heavy (non-hydrogen) atoms. The van der Waals surface area contributed by atoms with Gasteiger partial charge >= 0.3 is 0 Å². The Labute approximate surface area is 128 Å². The molecule has 110 valence electrons. The Kier molecular flexibility index (Phi) is 3.59. The lowest BCUT2D eigenvalue weighted by Crippen LogP contribution is -2.00. The summed E-state index contributed by atoms with van der Waals surface area (Å²) in [5.74, 6) is 1.91. The van der Waals surface area contributed by atoms with Crippen LogP contribution in [0.25, 0.3) is 16.2 Å². The molecule has 3 rings (SSSR count). The molecule has 0 atom stereocenters. The van der Waals surface area contributed by atoms with Gasteiger partial charge in [0.1, 0.15) is 17.3 Å². The number of hydrogen-bond donors (Lipinski definition) is 1. The molecule has 2 aromatic heterocycles. The third kappa shape index (κ3) is 2.27. The maximum atomic E-state index is 6.37. The molecule has 0 bridgehead atoms. The molecule has 0 aliphatic carbocycles. The molecule has 4 nitrogen and oxygen atoms in total. The Morgan fingerprint density at radius 3 is 2.81 bits per heavy atom. The maximum Gasteiger partial charge on any atom is 0.196 e. The van der Waals surface area contributed by atoms with Gasteiger partial charge in [-0.05, 0) is 25.0 Å². The van der Waals surface area contributed by atoms with E-state index in [0.717, 1.165) is 22.0 Å². The highest BCUT2D eigenvalue weighted by Crippen LogP contribution is 2.36. The summed E-state index contributed by atoms with van der Waals surface area (Å²) in [5.41, 5.74) is 9.31. The van der Waals surface area contributed by atoms with E-state index in [2.05, 4.69) is 19.2 Å². The van der Waals surface area contributed by atoms with Crippen molar-refractivity contribution in [2.45, 2.75) is 26.7 Å². The number of hydrogen-bond acceptors (Lipinski definition) is 4. The SMILES string of the molecule is CCOc1ccccc1-c1nc2scc(C(C)C)n2c1N. The lowest BCUT2D eigenvalue weighted by Gasteiger charge is -2.09. The zero-order chi connectivity index (χ0) is 15.0. The normalized spacial score (nSPS) is 11.4. The Balaban J connectivity index is 2.20. The molecular weight excluding hydrogens is 282 g/mol. The van der Waals surface area contributed by atoms with Crippen LogP contribution in [0, 0.1) is 0 Å². The first kappa shape index (κ1) is 13.9. The molecule has 0 amide bonds. The standard InChI is InChI=1S/C16H19N3OS/c1-4-20-13-8-6-5-7-11(13)14-15(17)19-12(10(2)3)9-21-16(19)18-14/h5-10H,4,17H2,1-3H3. The van der Waals surface area contributed by atoms with Gasteiger partial charge in [0.2, 0.25) is 0 Å². The van der Waals surface area contributed by atoms with Crippen molar-refractivity contribution < 1.29 is 4.74 Å². The summed E-state index contributed by atoms with van der Waals surface area (Å²) in [6.07, 6.45) is 0. The topological polar surface area (TPSA) is 52.5 Å². The number of thiazole rings is 1. The van der Waals surface area contributed by atoms with Gasteiger partial charge in [0.15, 0.2) is 4.96 Å². The molecule has 0 fully saturated rings. The van der Waals surface area contributed by atoms with E-state index in [4.69, 9.17) is 15.5 Å². The molecular formula is C16H19N3OS. The van der Waals surface area contributed by atoms with E-state index in [-0.39, 0.29) is 0 Å². The van der Waals surface area contributed by atoms with Crippen molar-refractivity contribution in [2.75, 3.05) is 12.3 Å². The highest BCUT2D eigenvalue weighted by atomic mass is 32.1. The van der Waals surface area contributed by atoms with Crippen LogP contribution in [-0.4, -0.2) is 16.0 Å². The van der Waals surface area contributed by atoms with E-state index < -0.39 is 0 Å². The Morgan fingerprint density at radius 1 is 1.33 bits per heavy atom. The van der Waals surface area contributed by atoms with Gasteiger partial charge in [-0.1, -0.05) is 26.0 Å². The van der Waals surface area contributed by atoms with E-state index in [0.29, 0.717) is 18.3 Å². The maximum absolute atomic E-state index is 6.37. The molecule has 0 saturated carbocycles. The van der Waals surface area contributed by atoms with E-state index in [1.807, 2.05) is 35.6 Å². The Bertz CT molecular complexity index is 773. The van der Waals surface area contributed by atoms with Crippen LogP contribution >= 0.6 is 11.3 Å². The van der Waals surface area contributed by atoms with Gasteiger partial charge in [-0.15, -0.1) is 11.3 Å². The predicted octanol–water partition coefficient (Wildman–Crippen LogP) is 4.17. The molecule has 5 heteroatoms. The zero-order valence-corrected chi connectivity index (χ0v) is 13.3. The fraction of sp³-hybridized carbons (Fsp3) is 0.312. The minimum atomic E-state index is 0.408. The largest absolute Gasteiger partial charge is 0.493 e. The average Bonchev–Trinajstić information content (AvgIpc) is 3.01. The highest BCUT2D eigenvalue weighted by molar-refractivity contribution is 7.15. The van der Waals surface area contributed by atoms with E-state index in [9.17, 15) is 0 Å². The van der Waals surface area contributed by atoms with E-state index in [1.54, 1.807) is 11.3 Å². The number of imidazole rings is 1. The molecule has 0 unspecified atom stereocenters. The quantitative estimate of drug-likeness (QED) is 0.787. The molecule has 2 heterocycles. The van der Waals surface area contributed by atoms with Crippen molar-refractivity contribution >= 4 is 22.1 Å². The van der Waals surface area contributed by atoms with E-state index in [1.165, 1.54) is 5.69 Å². The van der Waals surface area contributed by atoms with Crippen molar-refractivity contribution in [3.63, 3.8) is 0 Å². The Hall–Kier alpha value is -2.01. The zero-order valence-electron chi connectivity index (χ0n) is 12.5. The van der Waals surface area contributed by atoms with E-state index >= 15 is 0 Å². The van der Waals surface area contributed by atoms with Gasteiger partial charge in [-0.3, -0.25) is 4.40 Å².